The van der Waals surface area contributed by atoms with Crippen molar-refractivity contribution >= 4 is 29.1 Å². The number of rotatable bonds is 6. The fourth-order valence-electron chi connectivity index (χ4n) is 2.42. The van der Waals surface area contributed by atoms with Gasteiger partial charge < -0.3 is 16.0 Å². The van der Waals surface area contributed by atoms with Crippen LogP contribution >= 0.6 is 0 Å². The van der Waals surface area contributed by atoms with E-state index in [1.54, 1.807) is 30.3 Å². The maximum atomic E-state index is 12.5. The second-order valence-electron chi connectivity index (χ2n) is 5.82. The van der Waals surface area contributed by atoms with Gasteiger partial charge in [-0.1, -0.05) is 36.4 Å². The number of benzene rings is 2. The lowest BCUT2D eigenvalue weighted by atomic mass is 10.2. The van der Waals surface area contributed by atoms with Crippen LogP contribution in [0.5, 0.6) is 0 Å². The summed E-state index contributed by atoms with van der Waals surface area (Å²) in [5.74, 6) is -0.165. The molecule has 1 heterocycles. The molecule has 2 amide bonds. The summed E-state index contributed by atoms with van der Waals surface area (Å²) in [5.41, 5.74) is 2.49. The van der Waals surface area contributed by atoms with Gasteiger partial charge >= 0.3 is 0 Å². The van der Waals surface area contributed by atoms with Crippen molar-refractivity contribution in [1.29, 1.82) is 0 Å². The monoisotopic (exact) mass is 361 g/mol. The lowest BCUT2D eigenvalue weighted by Crippen LogP contribution is -2.15. The maximum absolute atomic E-state index is 12.5. The molecule has 3 N–H and O–H groups in total. The highest BCUT2D eigenvalue weighted by molar-refractivity contribution is 6.03. The molecule has 0 radical (unpaired) electrons. The Labute approximate surface area is 156 Å². The van der Waals surface area contributed by atoms with Crippen molar-refractivity contribution in [3.63, 3.8) is 0 Å². The van der Waals surface area contributed by atoms with Gasteiger partial charge in [0, 0.05) is 31.0 Å². The van der Waals surface area contributed by atoms with Crippen molar-refractivity contribution in [1.82, 2.24) is 9.97 Å². The minimum Gasteiger partial charge on any atom is -0.350 e. The number of carbonyl (C=O) groups is 2. The zero-order chi connectivity index (χ0) is 19.1. The molecule has 2 aromatic carbocycles. The summed E-state index contributed by atoms with van der Waals surface area (Å²) in [7, 11) is 0. The highest BCUT2D eigenvalue weighted by atomic mass is 16.2. The molecule has 3 rings (SSSR count). The van der Waals surface area contributed by atoms with Crippen molar-refractivity contribution in [3.05, 3.63) is 78.1 Å². The van der Waals surface area contributed by atoms with Crippen LogP contribution in [0.2, 0.25) is 0 Å². The highest BCUT2D eigenvalue weighted by Gasteiger charge is 2.10. The summed E-state index contributed by atoms with van der Waals surface area (Å²) in [6, 6.07) is 18.3. The molecule has 1 aromatic heterocycles. The van der Waals surface area contributed by atoms with Crippen LogP contribution in [0.25, 0.3) is 0 Å². The Balaban J connectivity index is 1.65. The Kier molecular flexibility index (Phi) is 5.73. The number of carbonyl (C=O) groups excluding carboxylic acids is 2. The molecule has 7 nitrogen and oxygen atoms in total. The number of nitrogens with zero attached hydrogens (tertiary/aromatic N) is 2. The summed E-state index contributed by atoms with van der Waals surface area (Å²) in [6.45, 7) is 1.99. The number of aromatic nitrogens is 2. The van der Waals surface area contributed by atoms with Crippen LogP contribution in [0, 0.1) is 0 Å². The first-order valence-corrected chi connectivity index (χ1v) is 8.40. The largest absolute Gasteiger partial charge is 0.350 e. The molecule has 0 bridgehead atoms. The van der Waals surface area contributed by atoms with E-state index in [1.807, 2.05) is 30.3 Å². The molecule has 0 saturated heterocycles. The second-order valence-corrected chi connectivity index (χ2v) is 5.82. The van der Waals surface area contributed by atoms with Gasteiger partial charge in [-0.05, 0) is 29.8 Å². The number of hydrogen-bond acceptors (Lipinski definition) is 5. The Morgan fingerprint density at radius 3 is 2.41 bits per heavy atom. The molecule has 0 spiro atoms. The van der Waals surface area contributed by atoms with Gasteiger partial charge in [0.15, 0.2) is 0 Å². The van der Waals surface area contributed by atoms with Crippen LogP contribution in [-0.4, -0.2) is 21.8 Å². The molecule has 0 aliphatic heterocycles. The van der Waals surface area contributed by atoms with Crippen LogP contribution in [-0.2, 0) is 11.3 Å². The van der Waals surface area contributed by atoms with E-state index in [2.05, 4.69) is 25.9 Å². The normalized spacial score (nSPS) is 10.1. The first-order chi connectivity index (χ1) is 13.1. The molecule has 0 fully saturated rings. The third kappa shape index (κ3) is 5.37. The van der Waals surface area contributed by atoms with E-state index >= 15 is 0 Å². The number of nitrogens with one attached hydrogen (secondary N) is 3. The Hall–Kier alpha value is -3.74. The zero-order valence-electron chi connectivity index (χ0n) is 14.8. The lowest BCUT2D eigenvalue weighted by Gasteiger charge is -2.09. The topological polar surface area (TPSA) is 96.0 Å². The van der Waals surface area contributed by atoms with Crippen molar-refractivity contribution in [2.45, 2.75) is 13.5 Å². The Bertz CT molecular complexity index is 944. The third-order valence-electron chi connectivity index (χ3n) is 3.62. The van der Waals surface area contributed by atoms with E-state index in [0.717, 1.165) is 5.56 Å². The molecule has 0 saturated carbocycles. The third-order valence-corrected chi connectivity index (χ3v) is 3.62. The Morgan fingerprint density at radius 2 is 1.67 bits per heavy atom. The van der Waals surface area contributed by atoms with Crippen molar-refractivity contribution in [3.8, 4) is 0 Å². The minimum atomic E-state index is -0.361. The van der Waals surface area contributed by atoms with Gasteiger partial charge in [-0.25, -0.2) is 9.97 Å². The first-order valence-electron chi connectivity index (χ1n) is 8.40. The van der Waals surface area contributed by atoms with Gasteiger partial charge in [-0.15, -0.1) is 0 Å². The molecule has 0 aliphatic rings. The van der Waals surface area contributed by atoms with E-state index in [9.17, 15) is 9.59 Å². The molecule has 0 atom stereocenters. The van der Waals surface area contributed by atoms with Gasteiger partial charge in [0.2, 0.25) is 11.9 Å². The maximum Gasteiger partial charge on any atom is 0.274 e. The average Bonchev–Trinajstić information content (AvgIpc) is 2.67. The predicted octanol–water partition coefficient (Wildman–Crippen LogP) is 3.30. The van der Waals surface area contributed by atoms with Crippen molar-refractivity contribution < 1.29 is 9.59 Å². The van der Waals surface area contributed by atoms with Crippen LogP contribution in [0.15, 0.2) is 66.9 Å². The van der Waals surface area contributed by atoms with Gasteiger partial charge in [0.05, 0.1) is 0 Å². The SMILES string of the molecule is CC(=O)Nc1cccc(NC(=O)c2ccnc(NCc3ccccc3)n2)c1. The van der Waals surface area contributed by atoms with Crippen LogP contribution in [0.4, 0.5) is 17.3 Å². The Morgan fingerprint density at radius 1 is 0.926 bits per heavy atom. The molecule has 0 unspecified atom stereocenters. The van der Waals surface area contributed by atoms with Gasteiger partial charge in [0.25, 0.3) is 5.91 Å². The smallest absolute Gasteiger partial charge is 0.274 e. The second kappa shape index (κ2) is 8.57. The summed E-state index contributed by atoms with van der Waals surface area (Å²) in [4.78, 5) is 32.0. The fraction of sp³-hybridized carbons (Fsp3) is 0.100. The van der Waals surface area contributed by atoms with E-state index in [-0.39, 0.29) is 17.5 Å². The molecule has 0 aliphatic carbocycles. The van der Waals surface area contributed by atoms with E-state index in [0.29, 0.717) is 23.9 Å². The minimum absolute atomic E-state index is 0.177. The fourth-order valence-corrected chi connectivity index (χ4v) is 2.42. The van der Waals surface area contributed by atoms with Gasteiger partial charge in [-0.3, -0.25) is 9.59 Å². The first kappa shape index (κ1) is 18.1. The number of anilines is 3. The molecule has 27 heavy (non-hydrogen) atoms. The van der Waals surface area contributed by atoms with Crippen LogP contribution in [0.3, 0.4) is 0 Å². The van der Waals surface area contributed by atoms with E-state index in [4.69, 9.17) is 0 Å². The van der Waals surface area contributed by atoms with Crippen LogP contribution in [0.1, 0.15) is 23.0 Å². The van der Waals surface area contributed by atoms with Crippen LogP contribution < -0.4 is 16.0 Å². The number of hydrogen-bond donors (Lipinski definition) is 3. The predicted molar refractivity (Wildman–Crippen MR) is 104 cm³/mol. The van der Waals surface area contributed by atoms with E-state index in [1.165, 1.54) is 13.1 Å². The summed E-state index contributed by atoms with van der Waals surface area (Å²) >= 11 is 0. The van der Waals surface area contributed by atoms with Gasteiger partial charge in [0.1, 0.15) is 5.69 Å². The van der Waals surface area contributed by atoms with E-state index < -0.39 is 0 Å². The number of amides is 2. The van der Waals surface area contributed by atoms with Crippen molar-refractivity contribution in [2.24, 2.45) is 0 Å². The van der Waals surface area contributed by atoms with Crippen molar-refractivity contribution in [2.75, 3.05) is 16.0 Å². The quantitative estimate of drug-likeness (QED) is 0.626. The molecule has 7 heteroatoms. The average molecular weight is 361 g/mol. The highest BCUT2D eigenvalue weighted by Crippen LogP contribution is 2.16. The summed E-state index contributed by atoms with van der Waals surface area (Å²) < 4.78 is 0. The summed E-state index contributed by atoms with van der Waals surface area (Å²) in [5, 5.41) is 8.54. The molecular weight excluding hydrogens is 342 g/mol. The van der Waals surface area contributed by atoms with Gasteiger partial charge in [-0.2, -0.15) is 0 Å². The summed E-state index contributed by atoms with van der Waals surface area (Å²) in [6.07, 6.45) is 1.53. The zero-order valence-corrected chi connectivity index (χ0v) is 14.8. The molecular formula is C20H19N5O2. The standard InChI is InChI=1S/C20H19N5O2/c1-14(26)23-16-8-5-9-17(12-16)24-19(27)18-10-11-21-20(25-18)22-13-15-6-3-2-4-7-15/h2-12H,13H2,1H3,(H,23,26)(H,24,27)(H,21,22,25). The lowest BCUT2D eigenvalue weighted by molar-refractivity contribution is -0.114. The molecule has 136 valence electrons. The molecule has 3 aromatic rings.